The Labute approximate surface area is 261 Å². The molecule has 0 bridgehead atoms. The number of rotatable bonds is 7. The van der Waals surface area contributed by atoms with E-state index in [0.717, 1.165) is 31.6 Å². The Hall–Kier alpha value is -3.42. The van der Waals surface area contributed by atoms with Crippen LogP contribution in [0.2, 0.25) is 5.02 Å². The summed E-state index contributed by atoms with van der Waals surface area (Å²) in [6, 6.07) is 6.95. The van der Waals surface area contributed by atoms with Gasteiger partial charge in [-0.3, -0.25) is 14.9 Å². The van der Waals surface area contributed by atoms with Gasteiger partial charge in [0.15, 0.2) is 5.13 Å². The third kappa shape index (κ3) is 6.36. The fourth-order valence-corrected chi connectivity index (χ4v) is 7.46. The zero-order valence-electron chi connectivity index (χ0n) is 24.0. The number of piperidine rings is 1. The molecular weight excluding hydrogens is 617 g/mol. The molecule has 2 unspecified atom stereocenters. The molecule has 3 aliphatic heterocycles. The van der Waals surface area contributed by atoms with Crippen molar-refractivity contribution in [3.63, 3.8) is 0 Å². The lowest BCUT2D eigenvalue weighted by atomic mass is 9.97. The Morgan fingerprint density at radius 3 is 2.66 bits per heavy atom. The number of ether oxygens (including phenoxy) is 1. The van der Waals surface area contributed by atoms with Crippen LogP contribution in [-0.2, 0) is 15.7 Å². The van der Waals surface area contributed by atoms with Crippen LogP contribution in [0.5, 0.6) is 0 Å². The zero-order chi connectivity index (χ0) is 31.0. The monoisotopic (exact) mass is 648 g/mol. The normalized spacial score (nSPS) is 20.6. The van der Waals surface area contributed by atoms with Crippen LogP contribution >= 0.6 is 22.9 Å². The number of carbonyl (C=O) groups excluding carboxylic acids is 2. The van der Waals surface area contributed by atoms with Crippen molar-refractivity contribution in [1.29, 1.82) is 0 Å². The van der Waals surface area contributed by atoms with Gasteiger partial charge in [-0.15, -0.1) is 0 Å². The van der Waals surface area contributed by atoms with Crippen molar-refractivity contribution in [3.05, 3.63) is 52.7 Å². The number of alkyl halides is 3. The quantitative estimate of drug-likeness (QED) is 0.315. The summed E-state index contributed by atoms with van der Waals surface area (Å²) in [5.74, 6) is 0.150. The molecule has 1 aromatic carbocycles. The molecule has 1 amide bonds. The van der Waals surface area contributed by atoms with Gasteiger partial charge in [0.2, 0.25) is 0 Å². The molecule has 3 fully saturated rings. The maximum absolute atomic E-state index is 13.5. The molecule has 2 N–H and O–H groups in total. The second-order valence-electron chi connectivity index (χ2n) is 11.3. The number of esters is 1. The zero-order valence-corrected chi connectivity index (χ0v) is 25.6. The summed E-state index contributed by atoms with van der Waals surface area (Å²) in [6.07, 6.45) is -0.783. The number of hydrogen-bond acceptors (Lipinski definition) is 9. The van der Waals surface area contributed by atoms with E-state index in [0.29, 0.717) is 78.1 Å². The number of nitrogens with one attached hydrogen (secondary N) is 2. The van der Waals surface area contributed by atoms with E-state index in [-0.39, 0.29) is 22.6 Å². The van der Waals surface area contributed by atoms with Gasteiger partial charge in [-0.1, -0.05) is 35.1 Å². The largest absolute Gasteiger partial charge is 0.466 e. The molecule has 0 saturated carbocycles. The third-order valence-electron chi connectivity index (χ3n) is 8.44. The Balaban J connectivity index is 1.20. The van der Waals surface area contributed by atoms with E-state index >= 15 is 0 Å². The number of anilines is 3. The van der Waals surface area contributed by atoms with Gasteiger partial charge < -0.3 is 19.9 Å². The van der Waals surface area contributed by atoms with Crippen LogP contribution in [0, 0.1) is 11.8 Å². The third-order valence-corrected chi connectivity index (χ3v) is 9.75. The molecule has 0 aliphatic carbocycles. The first-order chi connectivity index (χ1) is 21.1. The Bertz CT molecular complexity index is 1530. The molecule has 2 atom stereocenters. The lowest BCUT2D eigenvalue weighted by Crippen LogP contribution is -2.37. The molecule has 9 nitrogen and oxygen atoms in total. The molecule has 3 aromatic rings. The Kier molecular flexibility index (Phi) is 8.71. The highest BCUT2D eigenvalue weighted by atomic mass is 35.5. The van der Waals surface area contributed by atoms with Crippen LogP contribution in [0.1, 0.15) is 42.1 Å². The molecule has 2 aromatic heterocycles. The van der Waals surface area contributed by atoms with E-state index in [4.69, 9.17) is 16.3 Å². The van der Waals surface area contributed by atoms with E-state index in [1.807, 2.05) is 4.90 Å². The molecule has 234 valence electrons. The highest BCUT2D eigenvalue weighted by molar-refractivity contribution is 7.20. The number of halogens is 4. The molecule has 6 rings (SSSR count). The summed E-state index contributed by atoms with van der Waals surface area (Å²) in [7, 11) is 0. The lowest BCUT2D eigenvalue weighted by Gasteiger charge is -2.32. The van der Waals surface area contributed by atoms with Crippen molar-refractivity contribution < 1.29 is 27.5 Å². The molecule has 3 aliphatic rings. The van der Waals surface area contributed by atoms with Crippen LogP contribution in [0.25, 0.3) is 11.3 Å². The standard InChI is InChI=1S/C30H32ClF3N6O3S/c1-2-43-28(42)17-7-10-39(11-8-17)25-22(31)13-20(14-36-25)26(41)38-29-37-24(18-4-3-5-21(12-18)30(32,33)34)27(44-29)40-15-19-6-9-35-23(19)16-40/h3-5,12-14,17,19,23,35H,2,6-11,15-16H2,1H3,(H,37,38,41). The number of hydrogen-bond donors (Lipinski definition) is 2. The van der Waals surface area contributed by atoms with Gasteiger partial charge in [0.25, 0.3) is 5.91 Å². The fraction of sp³-hybridized carbons (Fsp3) is 0.467. The number of fused-ring (bicyclic) bond motifs is 1. The number of thiazole rings is 1. The molecule has 0 spiro atoms. The number of carbonyl (C=O) groups is 2. The van der Waals surface area contributed by atoms with E-state index < -0.39 is 17.6 Å². The van der Waals surface area contributed by atoms with Gasteiger partial charge >= 0.3 is 12.1 Å². The van der Waals surface area contributed by atoms with Crippen LogP contribution in [0.3, 0.4) is 0 Å². The number of aromatic nitrogens is 2. The van der Waals surface area contributed by atoms with Gasteiger partial charge in [0.05, 0.1) is 28.7 Å². The molecule has 0 radical (unpaired) electrons. The lowest BCUT2D eigenvalue weighted by molar-refractivity contribution is -0.148. The second-order valence-corrected chi connectivity index (χ2v) is 12.6. The van der Waals surface area contributed by atoms with Gasteiger partial charge in [-0.25, -0.2) is 9.97 Å². The van der Waals surface area contributed by atoms with E-state index in [2.05, 4.69) is 25.5 Å². The van der Waals surface area contributed by atoms with Crippen molar-refractivity contribution in [3.8, 4) is 11.3 Å². The summed E-state index contributed by atoms with van der Waals surface area (Å²) >= 11 is 7.80. The molecule has 5 heterocycles. The van der Waals surface area contributed by atoms with Crippen LogP contribution in [0.15, 0.2) is 36.5 Å². The Morgan fingerprint density at radius 1 is 1.16 bits per heavy atom. The molecule has 44 heavy (non-hydrogen) atoms. The van der Waals surface area contributed by atoms with Gasteiger partial charge in [0.1, 0.15) is 16.5 Å². The number of pyridine rings is 1. The smallest absolute Gasteiger partial charge is 0.416 e. The minimum atomic E-state index is -4.49. The second kappa shape index (κ2) is 12.5. The predicted octanol–water partition coefficient (Wildman–Crippen LogP) is 5.71. The first kappa shape index (κ1) is 30.6. The van der Waals surface area contributed by atoms with Crippen molar-refractivity contribution in [2.45, 2.75) is 38.4 Å². The topological polar surface area (TPSA) is 99.7 Å². The number of amides is 1. The van der Waals surface area contributed by atoms with E-state index in [9.17, 15) is 22.8 Å². The SMILES string of the molecule is CCOC(=O)C1CCN(c2ncc(C(=O)Nc3nc(-c4cccc(C(F)(F)F)c4)c(N4CC5CCNC5C4)s3)cc2Cl)CC1. The summed E-state index contributed by atoms with van der Waals surface area (Å²) in [4.78, 5) is 38.5. The highest BCUT2D eigenvalue weighted by Crippen LogP contribution is 2.43. The van der Waals surface area contributed by atoms with Crippen LogP contribution in [0.4, 0.5) is 29.1 Å². The Morgan fingerprint density at radius 2 is 1.95 bits per heavy atom. The average Bonchev–Trinajstić information content (AvgIpc) is 3.72. The van der Waals surface area contributed by atoms with Gasteiger partial charge in [-0.05, 0) is 56.8 Å². The summed E-state index contributed by atoms with van der Waals surface area (Å²) in [5.41, 5.74) is 0.189. The van der Waals surface area contributed by atoms with Crippen molar-refractivity contribution in [2.75, 3.05) is 54.4 Å². The van der Waals surface area contributed by atoms with E-state index in [1.54, 1.807) is 13.0 Å². The van der Waals surface area contributed by atoms with Crippen molar-refractivity contribution in [1.82, 2.24) is 15.3 Å². The molecule has 14 heteroatoms. The molecule has 3 saturated heterocycles. The van der Waals surface area contributed by atoms with Crippen molar-refractivity contribution in [2.24, 2.45) is 11.8 Å². The first-order valence-corrected chi connectivity index (χ1v) is 15.9. The van der Waals surface area contributed by atoms with Crippen LogP contribution < -0.4 is 20.4 Å². The van der Waals surface area contributed by atoms with Crippen LogP contribution in [-0.4, -0.2) is 67.2 Å². The average molecular weight is 649 g/mol. The fourth-order valence-electron chi connectivity index (χ4n) is 6.17. The highest BCUT2D eigenvalue weighted by Gasteiger charge is 2.38. The predicted molar refractivity (Wildman–Crippen MR) is 163 cm³/mol. The molecular formula is C30H32ClF3N6O3S. The number of benzene rings is 1. The summed E-state index contributed by atoms with van der Waals surface area (Å²) < 4.78 is 45.7. The van der Waals surface area contributed by atoms with Gasteiger partial charge in [0, 0.05) is 44.0 Å². The number of nitrogens with zero attached hydrogens (tertiary/aromatic N) is 4. The summed E-state index contributed by atoms with van der Waals surface area (Å²) in [5, 5.41) is 7.58. The van der Waals surface area contributed by atoms with Gasteiger partial charge in [-0.2, -0.15) is 13.2 Å². The minimum Gasteiger partial charge on any atom is -0.466 e. The maximum atomic E-state index is 13.5. The maximum Gasteiger partial charge on any atom is 0.416 e. The van der Waals surface area contributed by atoms with E-state index in [1.165, 1.54) is 29.7 Å². The summed E-state index contributed by atoms with van der Waals surface area (Å²) in [6.45, 7) is 5.72. The van der Waals surface area contributed by atoms with Crippen molar-refractivity contribution >= 4 is 50.8 Å². The minimum absolute atomic E-state index is 0.157. The first-order valence-electron chi connectivity index (χ1n) is 14.7.